The first kappa shape index (κ1) is 19.9. The van der Waals surface area contributed by atoms with Gasteiger partial charge in [-0.1, -0.05) is 84.6 Å². The topological polar surface area (TPSA) is 52.3 Å². The van der Waals surface area contributed by atoms with Gasteiger partial charge in [0.05, 0.1) is 12.8 Å². The van der Waals surface area contributed by atoms with E-state index in [0.717, 1.165) is 27.8 Å². The van der Waals surface area contributed by atoms with Crippen molar-refractivity contribution >= 4 is 18.0 Å². The van der Waals surface area contributed by atoms with Gasteiger partial charge >= 0.3 is 0 Å². The average molecular weight is 415 g/mol. The largest absolute Gasteiger partial charge is 0.493 e. The van der Waals surface area contributed by atoms with Crippen molar-refractivity contribution in [2.75, 3.05) is 6.61 Å². The minimum atomic E-state index is 0.602. The smallest absolute Gasteiger partial charge is 0.212 e. The molecule has 0 aliphatic rings. The maximum atomic E-state index is 5.72. The van der Waals surface area contributed by atoms with E-state index >= 15 is 0 Å². The second-order valence-corrected chi connectivity index (χ2v) is 7.42. The van der Waals surface area contributed by atoms with E-state index < -0.39 is 0 Å². The van der Waals surface area contributed by atoms with Gasteiger partial charge in [-0.2, -0.15) is 9.78 Å². The second-order valence-electron chi connectivity index (χ2n) is 6.47. The van der Waals surface area contributed by atoms with Crippen molar-refractivity contribution in [3.63, 3.8) is 0 Å². The number of benzene rings is 3. The number of aromatic nitrogens is 3. The number of rotatable bonds is 8. The van der Waals surface area contributed by atoms with Crippen LogP contribution in [0.5, 0.6) is 5.75 Å². The lowest BCUT2D eigenvalue weighted by Gasteiger charge is -2.07. The molecular formula is C24H22N4OS. The van der Waals surface area contributed by atoms with Gasteiger partial charge in [0.1, 0.15) is 5.75 Å². The van der Waals surface area contributed by atoms with E-state index in [1.165, 1.54) is 5.56 Å². The van der Waals surface area contributed by atoms with Crippen LogP contribution in [0.3, 0.4) is 0 Å². The molecule has 1 aromatic heterocycles. The van der Waals surface area contributed by atoms with Crippen molar-refractivity contribution in [1.29, 1.82) is 0 Å². The number of ether oxygens (including phenoxy) is 1. The average Bonchev–Trinajstić information content (AvgIpc) is 3.21. The molecule has 0 radical (unpaired) electrons. The summed E-state index contributed by atoms with van der Waals surface area (Å²) in [6.07, 6.45) is 1.80. The van der Waals surface area contributed by atoms with Gasteiger partial charge < -0.3 is 4.74 Å². The molecule has 3 aromatic carbocycles. The lowest BCUT2D eigenvalue weighted by molar-refractivity contribution is 0.340. The number of para-hydroxylation sites is 1. The molecule has 0 fully saturated rings. The van der Waals surface area contributed by atoms with Crippen LogP contribution in [0.4, 0.5) is 0 Å². The van der Waals surface area contributed by atoms with Gasteiger partial charge in [-0.3, -0.25) is 0 Å². The number of nitrogens with zero attached hydrogens (tertiary/aromatic N) is 4. The highest BCUT2D eigenvalue weighted by atomic mass is 32.2. The van der Waals surface area contributed by atoms with E-state index in [1.807, 2.05) is 79.7 Å². The van der Waals surface area contributed by atoms with Crippen LogP contribution in [0, 0.1) is 0 Å². The third-order valence-electron chi connectivity index (χ3n) is 4.39. The van der Waals surface area contributed by atoms with Crippen LogP contribution >= 0.6 is 11.8 Å². The zero-order chi connectivity index (χ0) is 20.6. The van der Waals surface area contributed by atoms with Gasteiger partial charge in [0.2, 0.25) is 5.16 Å². The Morgan fingerprint density at radius 2 is 1.60 bits per heavy atom. The summed E-state index contributed by atoms with van der Waals surface area (Å²) in [6.45, 7) is 2.57. The lowest BCUT2D eigenvalue weighted by Crippen LogP contribution is -1.99. The van der Waals surface area contributed by atoms with Crippen molar-refractivity contribution in [3.8, 4) is 17.1 Å². The first-order valence-electron chi connectivity index (χ1n) is 9.79. The minimum absolute atomic E-state index is 0.602. The SMILES string of the molecule is CCOc1ccccc1C=Nn1c(SCc2ccccc2)nnc1-c1ccccc1. The maximum Gasteiger partial charge on any atom is 0.212 e. The molecule has 0 atom stereocenters. The van der Waals surface area contributed by atoms with E-state index in [-0.39, 0.29) is 0 Å². The van der Waals surface area contributed by atoms with Gasteiger partial charge in [0, 0.05) is 16.9 Å². The zero-order valence-corrected chi connectivity index (χ0v) is 17.5. The van der Waals surface area contributed by atoms with Crippen LogP contribution in [-0.4, -0.2) is 27.7 Å². The Labute approximate surface area is 180 Å². The quantitative estimate of drug-likeness (QED) is 0.281. The Morgan fingerprint density at radius 3 is 2.37 bits per heavy atom. The third kappa shape index (κ3) is 4.78. The molecule has 0 N–H and O–H groups in total. The summed E-state index contributed by atoms with van der Waals surface area (Å²) in [5, 5.41) is 14.3. The molecule has 0 amide bonds. The molecule has 0 saturated carbocycles. The van der Waals surface area contributed by atoms with Gasteiger partial charge in [-0.25, -0.2) is 0 Å². The zero-order valence-electron chi connectivity index (χ0n) is 16.7. The van der Waals surface area contributed by atoms with E-state index in [1.54, 1.807) is 22.7 Å². The molecular weight excluding hydrogens is 392 g/mol. The standard InChI is InChI=1S/C24H22N4OS/c1-2-29-22-16-10-9-15-21(22)17-25-28-23(20-13-7-4-8-14-20)26-27-24(28)30-18-19-11-5-3-6-12-19/h3-17H,2,18H2,1H3. The Bertz CT molecular complexity index is 1110. The number of thioether (sulfide) groups is 1. The first-order valence-corrected chi connectivity index (χ1v) is 10.8. The Kier molecular flexibility index (Phi) is 6.57. The molecule has 0 bridgehead atoms. The Hall–Kier alpha value is -3.38. The van der Waals surface area contributed by atoms with E-state index in [0.29, 0.717) is 12.4 Å². The summed E-state index contributed by atoms with van der Waals surface area (Å²) in [6, 6.07) is 28.1. The van der Waals surface area contributed by atoms with Crippen molar-refractivity contribution < 1.29 is 4.74 Å². The highest BCUT2D eigenvalue weighted by molar-refractivity contribution is 7.98. The Morgan fingerprint density at radius 1 is 0.900 bits per heavy atom. The van der Waals surface area contributed by atoms with Crippen molar-refractivity contribution in [2.24, 2.45) is 5.10 Å². The minimum Gasteiger partial charge on any atom is -0.493 e. The fraction of sp³-hybridized carbons (Fsp3) is 0.125. The lowest BCUT2D eigenvalue weighted by atomic mass is 10.2. The van der Waals surface area contributed by atoms with Crippen LogP contribution in [0.25, 0.3) is 11.4 Å². The predicted molar refractivity (Wildman–Crippen MR) is 122 cm³/mol. The fourth-order valence-corrected chi connectivity index (χ4v) is 3.79. The van der Waals surface area contributed by atoms with E-state index in [9.17, 15) is 0 Å². The molecule has 0 aliphatic heterocycles. The summed E-state index contributed by atoms with van der Waals surface area (Å²) >= 11 is 1.61. The molecule has 0 spiro atoms. The monoisotopic (exact) mass is 414 g/mol. The van der Waals surface area contributed by atoms with E-state index in [2.05, 4.69) is 22.3 Å². The van der Waals surface area contributed by atoms with Crippen LogP contribution in [-0.2, 0) is 5.75 Å². The predicted octanol–water partition coefficient (Wildman–Crippen LogP) is 5.52. The Balaban J connectivity index is 1.68. The van der Waals surface area contributed by atoms with Gasteiger partial charge in [-0.15, -0.1) is 10.2 Å². The maximum absolute atomic E-state index is 5.72. The van der Waals surface area contributed by atoms with E-state index in [4.69, 9.17) is 9.84 Å². The molecule has 4 aromatic rings. The summed E-state index contributed by atoms with van der Waals surface area (Å²) in [7, 11) is 0. The molecule has 30 heavy (non-hydrogen) atoms. The highest BCUT2D eigenvalue weighted by Gasteiger charge is 2.14. The molecule has 1 heterocycles. The molecule has 5 nitrogen and oxygen atoms in total. The van der Waals surface area contributed by atoms with Crippen LogP contribution < -0.4 is 4.74 Å². The van der Waals surface area contributed by atoms with Crippen molar-refractivity contribution in [2.45, 2.75) is 17.8 Å². The summed E-state index contributed by atoms with van der Waals surface area (Å²) < 4.78 is 7.52. The summed E-state index contributed by atoms with van der Waals surface area (Å²) in [5.41, 5.74) is 3.10. The normalized spacial score (nSPS) is 11.1. The molecule has 4 rings (SSSR count). The number of hydrogen-bond acceptors (Lipinski definition) is 5. The van der Waals surface area contributed by atoms with Crippen molar-refractivity contribution in [1.82, 2.24) is 14.9 Å². The highest BCUT2D eigenvalue weighted by Crippen LogP contribution is 2.26. The molecule has 0 unspecified atom stereocenters. The summed E-state index contributed by atoms with van der Waals surface area (Å²) in [5.74, 6) is 2.30. The molecule has 0 saturated heterocycles. The number of hydrogen-bond donors (Lipinski definition) is 0. The molecule has 0 aliphatic carbocycles. The van der Waals surface area contributed by atoms with Gasteiger partial charge in [0.15, 0.2) is 5.82 Å². The summed E-state index contributed by atoms with van der Waals surface area (Å²) in [4.78, 5) is 0. The van der Waals surface area contributed by atoms with Crippen molar-refractivity contribution in [3.05, 3.63) is 96.1 Å². The van der Waals surface area contributed by atoms with Gasteiger partial charge in [0.25, 0.3) is 0 Å². The molecule has 150 valence electrons. The fourth-order valence-electron chi connectivity index (χ4n) is 2.94. The first-order chi connectivity index (χ1) is 14.8. The third-order valence-corrected chi connectivity index (χ3v) is 5.38. The molecule has 6 heteroatoms. The van der Waals surface area contributed by atoms with Crippen LogP contribution in [0.1, 0.15) is 18.1 Å². The van der Waals surface area contributed by atoms with Crippen LogP contribution in [0.2, 0.25) is 0 Å². The van der Waals surface area contributed by atoms with Gasteiger partial charge in [-0.05, 0) is 24.6 Å². The second kappa shape index (κ2) is 9.89. The van der Waals surface area contributed by atoms with Crippen LogP contribution in [0.15, 0.2) is 95.2 Å².